The van der Waals surface area contributed by atoms with Crippen molar-refractivity contribution in [3.63, 3.8) is 0 Å². The summed E-state index contributed by atoms with van der Waals surface area (Å²) in [5, 5.41) is 2.99. The summed E-state index contributed by atoms with van der Waals surface area (Å²) in [5.41, 5.74) is 7.62. The van der Waals surface area contributed by atoms with Crippen LogP contribution in [-0.2, 0) is 17.8 Å². The van der Waals surface area contributed by atoms with E-state index in [9.17, 15) is 9.59 Å². The van der Waals surface area contributed by atoms with Crippen LogP contribution in [0.15, 0.2) is 67.0 Å². The van der Waals surface area contributed by atoms with Crippen molar-refractivity contribution in [1.29, 1.82) is 0 Å². The predicted octanol–water partition coefficient (Wildman–Crippen LogP) is 3.93. The molecule has 1 heterocycles. The van der Waals surface area contributed by atoms with Crippen molar-refractivity contribution < 1.29 is 19.1 Å². The lowest BCUT2D eigenvalue weighted by molar-refractivity contribution is -0.119. The molecule has 0 aliphatic carbocycles. The molecule has 0 radical (unpaired) electrons. The number of benzene rings is 2. The zero-order chi connectivity index (χ0) is 23.8. The van der Waals surface area contributed by atoms with Crippen LogP contribution >= 0.6 is 11.6 Å². The van der Waals surface area contributed by atoms with Gasteiger partial charge in [0.15, 0.2) is 0 Å². The van der Waals surface area contributed by atoms with Gasteiger partial charge in [0.05, 0.1) is 11.1 Å². The number of primary amides is 1. The fourth-order valence-electron chi connectivity index (χ4n) is 3.06. The van der Waals surface area contributed by atoms with Crippen LogP contribution in [0.1, 0.15) is 35.3 Å². The van der Waals surface area contributed by atoms with Gasteiger partial charge in [0.25, 0.3) is 5.91 Å². The maximum Gasteiger partial charge on any atom is 0.251 e. The number of carbonyl (C=O) groups excluding carboxylic acids is 2. The van der Waals surface area contributed by atoms with E-state index < -0.39 is 17.9 Å². The molecular weight excluding hydrogens is 442 g/mol. The molecule has 8 heteroatoms. The molecule has 2 aromatic carbocycles. The third-order valence-corrected chi connectivity index (χ3v) is 4.99. The lowest BCUT2D eigenvalue weighted by atomic mass is 10.0. The SMILES string of the molecule is CC(C)Oc1ccc(C(=O)N[C@@H](Cc2ccc(OCc3cccnc3)cc2)C(N)=O)cc1Cl. The Morgan fingerprint density at radius 2 is 1.85 bits per heavy atom. The van der Waals surface area contributed by atoms with Gasteiger partial charge in [-0.2, -0.15) is 0 Å². The Morgan fingerprint density at radius 3 is 2.45 bits per heavy atom. The Balaban J connectivity index is 1.60. The molecule has 0 aliphatic heterocycles. The summed E-state index contributed by atoms with van der Waals surface area (Å²) >= 11 is 6.21. The number of nitrogens with two attached hydrogens (primary N) is 1. The first-order chi connectivity index (χ1) is 15.8. The minimum absolute atomic E-state index is 0.0476. The van der Waals surface area contributed by atoms with Crippen LogP contribution in [0.5, 0.6) is 11.5 Å². The van der Waals surface area contributed by atoms with Gasteiger partial charge >= 0.3 is 0 Å². The summed E-state index contributed by atoms with van der Waals surface area (Å²) in [4.78, 5) is 28.7. The predicted molar refractivity (Wildman–Crippen MR) is 126 cm³/mol. The molecule has 3 aromatic rings. The molecule has 0 spiro atoms. The second-order valence-corrected chi connectivity index (χ2v) is 8.15. The molecule has 0 saturated carbocycles. The Morgan fingerprint density at radius 1 is 1.09 bits per heavy atom. The van der Waals surface area contributed by atoms with Gasteiger partial charge in [0.1, 0.15) is 24.1 Å². The number of carbonyl (C=O) groups is 2. The normalized spacial score (nSPS) is 11.6. The van der Waals surface area contributed by atoms with Gasteiger partial charge in [-0.25, -0.2) is 0 Å². The van der Waals surface area contributed by atoms with E-state index in [1.54, 1.807) is 36.7 Å². The van der Waals surface area contributed by atoms with Gasteiger partial charge in [-0.1, -0.05) is 29.8 Å². The van der Waals surface area contributed by atoms with Crippen molar-refractivity contribution in [2.75, 3.05) is 0 Å². The maximum atomic E-state index is 12.7. The number of amides is 2. The van der Waals surface area contributed by atoms with Crippen LogP contribution in [-0.4, -0.2) is 28.9 Å². The van der Waals surface area contributed by atoms with Crippen LogP contribution in [0.2, 0.25) is 5.02 Å². The molecular formula is C25H26ClN3O4. The molecule has 3 rings (SSSR count). The average Bonchev–Trinajstić information content (AvgIpc) is 2.79. The summed E-state index contributed by atoms with van der Waals surface area (Å²) in [7, 11) is 0. The standard InChI is InChI=1S/C25H26ClN3O4/c1-16(2)33-23-10-7-19(13-21(23)26)25(31)29-22(24(27)30)12-17-5-8-20(9-6-17)32-15-18-4-3-11-28-14-18/h3-11,13-14,16,22H,12,15H2,1-2H3,(H2,27,30)(H,29,31)/t22-/m0/s1. The van der Waals surface area contributed by atoms with Gasteiger partial charge in [-0.05, 0) is 55.8 Å². The van der Waals surface area contributed by atoms with E-state index in [0.29, 0.717) is 28.7 Å². The summed E-state index contributed by atoms with van der Waals surface area (Å²) in [6.45, 7) is 4.17. The number of nitrogens with zero attached hydrogens (tertiary/aromatic N) is 1. The first-order valence-electron chi connectivity index (χ1n) is 10.5. The molecule has 0 bridgehead atoms. The molecule has 7 nitrogen and oxygen atoms in total. The quantitative estimate of drug-likeness (QED) is 0.470. The fraction of sp³-hybridized carbons (Fsp3) is 0.240. The highest BCUT2D eigenvalue weighted by molar-refractivity contribution is 6.32. The molecule has 172 valence electrons. The molecule has 1 atom stereocenters. The average molecular weight is 468 g/mol. The minimum atomic E-state index is -0.884. The van der Waals surface area contributed by atoms with E-state index in [-0.39, 0.29) is 12.5 Å². The van der Waals surface area contributed by atoms with Crippen molar-refractivity contribution in [2.45, 2.75) is 39.0 Å². The number of rotatable bonds is 10. The summed E-state index contributed by atoms with van der Waals surface area (Å²) in [6.07, 6.45) is 3.64. The van der Waals surface area contributed by atoms with E-state index in [0.717, 1.165) is 11.1 Å². The van der Waals surface area contributed by atoms with E-state index in [1.807, 2.05) is 38.1 Å². The van der Waals surface area contributed by atoms with E-state index in [1.165, 1.54) is 6.07 Å². The molecule has 1 aromatic heterocycles. The molecule has 0 unspecified atom stereocenters. The summed E-state index contributed by atoms with van der Waals surface area (Å²) in [5.74, 6) is 0.0837. The monoisotopic (exact) mass is 467 g/mol. The molecule has 0 saturated heterocycles. The van der Waals surface area contributed by atoms with Gasteiger partial charge in [-0.15, -0.1) is 0 Å². The number of ether oxygens (including phenoxy) is 2. The molecule has 33 heavy (non-hydrogen) atoms. The van der Waals surface area contributed by atoms with E-state index >= 15 is 0 Å². The number of aromatic nitrogens is 1. The molecule has 2 amide bonds. The van der Waals surface area contributed by atoms with Crippen molar-refractivity contribution >= 4 is 23.4 Å². The first-order valence-corrected chi connectivity index (χ1v) is 10.9. The van der Waals surface area contributed by atoms with E-state index in [4.69, 9.17) is 26.8 Å². The van der Waals surface area contributed by atoms with Gasteiger partial charge in [0.2, 0.25) is 5.91 Å². The van der Waals surface area contributed by atoms with Crippen molar-refractivity contribution in [3.05, 3.63) is 88.7 Å². The van der Waals surface area contributed by atoms with Crippen molar-refractivity contribution in [3.8, 4) is 11.5 Å². The Labute approximate surface area is 197 Å². The Bertz CT molecular complexity index is 1090. The number of halogens is 1. The Kier molecular flexibility index (Phi) is 8.27. The van der Waals surface area contributed by atoms with Crippen LogP contribution < -0.4 is 20.5 Å². The first kappa shape index (κ1) is 24.1. The van der Waals surface area contributed by atoms with Crippen LogP contribution in [0.4, 0.5) is 0 Å². The van der Waals surface area contributed by atoms with Gasteiger partial charge in [0, 0.05) is 29.9 Å². The molecule has 0 fully saturated rings. The minimum Gasteiger partial charge on any atom is -0.489 e. The highest BCUT2D eigenvalue weighted by Crippen LogP contribution is 2.26. The molecule has 0 aliphatic rings. The fourth-order valence-corrected chi connectivity index (χ4v) is 3.29. The lowest BCUT2D eigenvalue weighted by Gasteiger charge is -2.17. The zero-order valence-electron chi connectivity index (χ0n) is 18.5. The van der Waals surface area contributed by atoms with Crippen LogP contribution in [0.3, 0.4) is 0 Å². The van der Waals surface area contributed by atoms with E-state index in [2.05, 4.69) is 10.3 Å². The molecule has 3 N–H and O–H groups in total. The third kappa shape index (κ3) is 7.22. The largest absolute Gasteiger partial charge is 0.489 e. The Hall–Kier alpha value is -3.58. The topological polar surface area (TPSA) is 104 Å². The van der Waals surface area contributed by atoms with Crippen molar-refractivity contribution in [1.82, 2.24) is 10.3 Å². The number of nitrogens with one attached hydrogen (secondary N) is 1. The smallest absolute Gasteiger partial charge is 0.251 e. The zero-order valence-corrected chi connectivity index (χ0v) is 19.2. The maximum absolute atomic E-state index is 12.7. The van der Waals surface area contributed by atoms with Crippen molar-refractivity contribution in [2.24, 2.45) is 5.73 Å². The number of pyridine rings is 1. The lowest BCUT2D eigenvalue weighted by Crippen LogP contribution is -2.45. The summed E-state index contributed by atoms with van der Waals surface area (Å²) in [6, 6.07) is 14.9. The third-order valence-electron chi connectivity index (χ3n) is 4.70. The van der Waals surface area contributed by atoms with Crippen LogP contribution in [0.25, 0.3) is 0 Å². The van der Waals surface area contributed by atoms with Crippen LogP contribution in [0, 0.1) is 0 Å². The highest BCUT2D eigenvalue weighted by Gasteiger charge is 2.20. The highest BCUT2D eigenvalue weighted by atomic mass is 35.5. The second-order valence-electron chi connectivity index (χ2n) is 7.74. The summed E-state index contributed by atoms with van der Waals surface area (Å²) < 4.78 is 11.3. The van der Waals surface area contributed by atoms with Gasteiger partial charge in [-0.3, -0.25) is 14.6 Å². The second kappa shape index (κ2) is 11.3. The number of hydrogen-bond donors (Lipinski definition) is 2. The van der Waals surface area contributed by atoms with Gasteiger partial charge < -0.3 is 20.5 Å². The number of hydrogen-bond acceptors (Lipinski definition) is 5.